The lowest BCUT2D eigenvalue weighted by atomic mass is 10.2. The minimum Gasteiger partial charge on any atom is -0.472 e. The number of nitrogens with zero attached hydrogens (tertiary/aromatic N) is 6. The summed E-state index contributed by atoms with van der Waals surface area (Å²) in [5.41, 5.74) is 10.1. The van der Waals surface area contributed by atoms with E-state index in [-0.39, 0.29) is 24.3 Å². The largest absolute Gasteiger partial charge is 0.472 e. The summed E-state index contributed by atoms with van der Waals surface area (Å²) in [7, 11) is 0. The van der Waals surface area contributed by atoms with Crippen LogP contribution in [0.4, 0.5) is 10.1 Å². The molecule has 4 aromatic rings. The van der Waals surface area contributed by atoms with Gasteiger partial charge >= 0.3 is 0 Å². The topological polar surface area (TPSA) is 96.7 Å². The number of anilines is 1. The van der Waals surface area contributed by atoms with E-state index in [0.29, 0.717) is 27.4 Å². The third-order valence-electron chi connectivity index (χ3n) is 4.89. The first-order chi connectivity index (χ1) is 14.7. The molecule has 0 saturated heterocycles. The van der Waals surface area contributed by atoms with Gasteiger partial charge in [0.2, 0.25) is 5.28 Å². The minimum atomic E-state index is -1.37. The van der Waals surface area contributed by atoms with Crippen LogP contribution in [0.5, 0.6) is 5.88 Å². The Morgan fingerprint density at radius 2 is 1.97 bits per heavy atom. The van der Waals surface area contributed by atoms with Gasteiger partial charge in [-0.25, -0.2) is 14.1 Å². The second-order valence-electron chi connectivity index (χ2n) is 7.19. The van der Waals surface area contributed by atoms with Crippen LogP contribution in [0.1, 0.15) is 17.1 Å². The number of aromatic nitrogens is 6. The lowest BCUT2D eigenvalue weighted by Gasteiger charge is -2.11. The van der Waals surface area contributed by atoms with Gasteiger partial charge in [0.1, 0.15) is 17.9 Å². The van der Waals surface area contributed by atoms with Crippen molar-refractivity contribution >= 4 is 39.9 Å². The summed E-state index contributed by atoms with van der Waals surface area (Å²) in [6.07, 6.45) is 1.73. The van der Waals surface area contributed by atoms with Gasteiger partial charge in [-0.3, -0.25) is 4.98 Å². The average molecular weight is 464 g/mol. The highest BCUT2D eigenvalue weighted by atomic mass is 35.5. The molecule has 162 valence electrons. The summed E-state index contributed by atoms with van der Waals surface area (Å²) in [5, 5.41) is 5.49. The van der Waals surface area contributed by atoms with Crippen molar-refractivity contribution in [3.8, 4) is 11.6 Å². The third-order valence-corrected chi connectivity index (χ3v) is 5.37. The number of fused-ring (bicyclic) bond motifs is 1. The fraction of sp³-hybridized carbons (Fsp3) is 0.300. The van der Waals surface area contributed by atoms with E-state index >= 15 is 0 Å². The Bertz CT molecular complexity index is 1270. The molecule has 0 aromatic carbocycles. The zero-order valence-electron chi connectivity index (χ0n) is 17.1. The molecule has 8 nitrogen and oxygen atoms in total. The molecule has 0 spiro atoms. The highest BCUT2D eigenvalue weighted by Gasteiger charge is 2.19. The van der Waals surface area contributed by atoms with Crippen molar-refractivity contribution in [1.29, 1.82) is 0 Å². The quantitative estimate of drug-likeness (QED) is 0.429. The van der Waals surface area contributed by atoms with Crippen LogP contribution in [0.2, 0.25) is 10.3 Å². The van der Waals surface area contributed by atoms with Gasteiger partial charge in [-0.05, 0) is 44.5 Å². The van der Waals surface area contributed by atoms with E-state index in [0.717, 1.165) is 17.1 Å². The van der Waals surface area contributed by atoms with E-state index in [1.54, 1.807) is 15.4 Å². The molecule has 4 heterocycles. The van der Waals surface area contributed by atoms with E-state index in [2.05, 4.69) is 20.1 Å². The predicted molar refractivity (Wildman–Crippen MR) is 118 cm³/mol. The number of aryl methyl sites for hydroxylation is 2. The van der Waals surface area contributed by atoms with Crippen molar-refractivity contribution < 1.29 is 9.13 Å². The van der Waals surface area contributed by atoms with Crippen molar-refractivity contribution in [2.45, 2.75) is 33.5 Å². The summed E-state index contributed by atoms with van der Waals surface area (Å²) in [5.74, 6) is 0.167. The maximum absolute atomic E-state index is 14.7. The molecule has 1 atom stereocenters. The van der Waals surface area contributed by atoms with E-state index in [1.165, 1.54) is 6.20 Å². The first-order valence-corrected chi connectivity index (χ1v) is 10.2. The van der Waals surface area contributed by atoms with E-state index in [9.17, 15) is 4.39 Å². The number of ether oxygens (including phenoxy) is 1. The number of hydrogen-bond acceptors (Lipinski definition) is 6. The molecule has 31 heavy (non-hydrogen) atoms. The second-order valence-corrected chi connectivity index (χ2v) is 7.93. The average Bonchev–Trinajstić information content (AvgIpc) is 3.17. The Hall–Kier alpha value is -2.91. The fourth-order valence-corrected chi connectivity index (χ4v) is 3.69. The number of alkyl halides is 1. The third kappa shape index (κ3) is 4.15. The van der Waals surface area contributed by atoms with Gasteiger partial charge in [0.25, 0.3) is 5.88 Å². The first-order valence-electron chi connectivity index (χ1n) is 9.48. The number of pyridine rings is 1. The molecule has 0 radical (unpaired) electrons. The molecule has 0 aliphatic carbocycles. The van der Waals surface area contributed by atoms with Crippen LogP contribution in [-0.2, 0) is 6.54 Å². The van der Waals surface area contributed by atoms with E-state index < -0.39 is 6.17 Å². The normalized spacial score (nSPS) is 12.5. The van der Waals surface area contributed by atoms with Gasteiger partial charge in [0.15, 0.2) is 6.17 Å². The van der Waals surface area contributed by atoms with E-state index in [4.69, 9.17) is 33.7 Å². The highest BCUT2D eigenvalue weighted by Crippen LogP contribution is 2.28. The molecule has 0 unspecified atom stereocenters. The van der Waals surface area contributed by atoms with Gasteiger partial charge in [0.05, 0.1) is 34.0 Å². The minimum absolute atomic E-state index is 0.0306. The Labute approximate surface area is 187 Å². The van der Waals surface area contributed by atoms with Crippen molar-refractivity contribution in [3.63, 3.8) is 0 Å². The zero-order valence-corrected chi connectivity index (χ0v) is 18.6. The molecule has 0 aliphatic rings. The van der Waals surface area contributed by atoms with Gasteiger partial charge in [0, 0.05) is 18.1 Å². The Morgan fingerprint density at radius 3 is 2.71 bits per heavy atom. The molecule has 0 fully saturated rings. The van der Waals surface area contributed by atoms with Crippen LogP contribution in [0.25, 0.3) is 16.7 Å². The van der Waals surface area contributed by atoms with Crippen molar-refractivity contribution in [2.75, 3.05) is 12.3 Å². The van der Waals surface area contributed by atoms with Crippen molar-refractivity contribution in [2.24, 2.45) is 0 Å². The Balaban J connectivity index is 1.50. The number of halogens is 3. The number of hydrogen-bond donors (Lipinski definition) is 1. The summed E-state index contributed by atoms with van der Waals surface area (Å²) < 4.78 is 23.6. The molecule has 0 bridgehead atoms. The summed E-state index contributed by atoms with van der Waals surface area (Å²) in [6, 6.07) is 3.80. The molecule has 0 aliphatic heterocycles. The first kappa shape index (κ1) is 21.3. The van der Waals surface area contributed by atoms with Gasteiger partial charge in [-0.1, -0.05) is 11.6 Å². The molecular formula is C20H20Cl2FN7O. The lowest BCUT2D eigenvalue weighted by Crippen LogP contribution is -2.20. The summed E-state index contributed by atoms with van der Waals surface area (Å²) >= 11 is 12.0. The summed E-state index contributed by atoms with van der Waals surface area (Å²) in [4.78, 5) is 12.5. The molecular weight excluding hydrogens is 444 g/mol. The van der Waals surface area contributed by atoms with Gasteiger partial charge < -0.3 is 15.0 Å². The Morgan fingerprint density at radius 1 is 1.19 bits per heavy atom. The van der Waals surface area contributed by atoms with Crippen LogP contribution < -0.4 is 10.5 Å². The monoisotopic (exact) mass is 463 g/mol. The summed E-state index contributed by atoms with van der Waals surface area (Å²) in [6.45, 7) is 5.34. The second kappa shape index (κ2) is 8.32. The maximum atomic E-state index is 14.7. The number of rotatable bonds is 6. The SMILES string of the molecule is Cc1ccc(-n2nc(OC[C@@H](F)Cn3cc(Cl)c4cnc(Cl)nc43)c(N)c2C)c(C)n1. The van der Waals surface area contributed by atoms with Crippen molar-refractivity contribution in [1.82, 2.24) is 29.3 Å². The highest BCUT2D eigenvalue weighted by molar-refractivity contribution is 6.35. The molecule has 0 amide bonds. The maximum Gasteiger partial charge on any atom is 0.257 e. The molecule has 11 heteroatoms. The smallest absolute Gasteiger partial charge is 0.257 e. The standard InChI is InChI=1S/C20H20Cl2FN7O/c1-10-4-5-16(11(2)26-10)30-12(3)17(24)19(28-30)31-9-13(23)7-29-8-15(21)14-6-25-20(22)27-18(14)29/h4-6,8,13H,7,9,24H2,1-3H3/t13-/m0/s1. The number of nitrogens with two attached hydrogens (primary N) is 1. The van der Waals surface area contributed by atoms with Gasteiger partial charge in [-0.2, -0.15) is 4.98 Å². The predicted octanol–water partition coefficient (Wildman–Crippen LogP) is 4.24. The van der Waals surface area contributed by atoms with Gasteiger partial charge in [-0.15, -0.1) is 5.10 Å². The van der Waals surface area contributed by atoms with Crippen LogP contribution in [0, 0.1) is 20.8 Å². The molecule has 4 aromatic heterocycles. The van der Waals surface area contributed by atoms with Crippen molar-refractivity contribution in [3.05, 3.63) is 51.9 Å². The Kier molecular flexibility index (Phi) is 5.72. The van der Waals surface area contributed by atoms with Crippen LogP contribution in [-0.4, -0.2) is 42.1 Å². The van der Waals surface area contributed by atoms with Crippen LogP contribution in [0.15, 0.2) is 24.5 Å². The number of nitrogen functional groups attached to an aromatic ring is 1. The molecule has 2 N–H and O–H groups in total. The van der Waals surface area contributed by atoms with E-state index in [1.807, 2.05) is 32.9 Å². The lowest BCUT2D eigenvalue weighted by molar-refractivity contribution is 0.175. The zero-order chi connectivity index (χ0) is 22.3. The molecule has 4 rings (SSSR count). The van der Waals surface area contributed by atoms with Crippen LogP contribution in [0.3, 0.4) is 0 Å². The molecule has 0 saturated carbocycles. The van der Waals surface area contributed by atoms with Crippen LogP contribution >= 0.6 is 23.2 Å². The fourth-order valence-electron chi connectivity index (χ4n) is 3.31.